The van der Waals surface area contributed by atoms with Crippen LogP contribution < -0.4 is 5.73 Å². The van der Waals surface area contributed by atoms with Gasteiger partial charge in [-0.3, -0.25) is 4.21 Å². The first-order valence-electron chi connectivity index (χ1n) is 6.08. The molecule has 1 aliphatic carbocycles. The van der Waals surface area contributed by atoms with Gasteiger partial charge >= 0.3 is 0 Å². The maximum absolute atomic E-state index is 12.2. The zero-order chi connectivity index (χ0) is 12.3. The van der Waals surface area contributed by atoms with Gasteiger partial charge in [-0.2, -0.15) is 0 Å². The van der Waals surface area contributed by atoms with E-state index in [1.807, 2.05) is 6.07 Å². The van der Waals surface area contributed by atoms with Crippen LogP contribution in [0.25, 0.3) is 0 Å². The minimum absolute atomic E-state index is 0.349. The normalized spacial score (nSPS) is 19.1. The Balaban J connectivity index is 2.04. The molecule has 2 rings (SSSR count). The highest BCUT2D eigenvalue weighted by atomic mass is 35.5. The van der Waals surface area contributed by atoms with Gasteiger partial charge in [0.25, 0.3) is 0 Å². The van der Waals surface area contributed by atoms with Gasteiger partial charge in [-0.25, -0.2) is 0 Å². The van der Waals surface area contributed by atoms with Gasteiger partial charge in [0.05, 0.1) is 5.75 Å². The molecular formula is C13H18ClNOS. The molecule has 0 amide bonds. The highest BCUT2D eigenvalue weighted by Gasteiger charge is 2.20. The van der Waals surface area contributed by atoms with Crippen molar-refractivity contribution in [1.29, 1.82) is 0 Å². The average Bonchev–Trinajstić information content (AvgIpc) is 2.35. The van der Waals surface area contributed by atoms with Gasteiger partial charge in [-0.05, 0) is 36.6 Å². The Hall–Kier alpha value is -0.540. The maximum atomic E-state index is 12.2. The third-order valence-corrected chi connectivity index (χ3v) is 5.37. The predicted molar refractivity (Wildman–Crippen MR) is 74.6 cm³/mol. The van der Waals surface area contributed by atoms with E-state index in [0.717, 1.165) is 18.4 Å². The van der Waals surface area contributed by atoms with Crippen molar-refractivity contribution in [2.75, 3.05) is 5.73 Å². The SMILES string of the molecule is Nc1ccc(Cl)cc1CS(=O)C1CCCCC1. The fourth-order valence-corrected chi connectivity index (χ4v) is 4.14. The van der Waals surface area contributed by atoms with Gasteiger partial charge in [-0.1, -0.05) is 30.9 Å². The molecule has 0 saturated heterocycles. The summed E-state index contributed by atoms with van der Waals surface area (Å²) in [6.45, 7) is 0. The quantitative estimate of drug-likeness (QED) is 0.855. The monoisotopic (exact) mass is 271 g/mol. The molecule has 0 radical (unpaired) electrons. The molecule has 0 spiro atoms. The summed E-state index contributed by atoms with van der Waals surface area (Å²) in [6, 6.07) is 5.39. The highest BCUT2D eigenvalue weighted by molar-refractivity contribution is 7.84. The second-order valence-corrected chi connectivity index (χ2v) is 6.78. The van der Waals surface area contributed by atoms with Gasteiger partial charge in [0, 0.05) is 26.8 Å². The first-order chi connectivity index (χ1) is 8.16. The Morgan fingerprint density at radius 1 is 1.29 bits per heavy atom. The zero-order valence-electron chi connectivity index (χ0n) is 9.82. The van der Waals surface area contributed by atoms with E-state index in [1.165, 1.54) is 19.3 Å². The molecule has 2 N–H and O–H groups in total. The Morgan fingerprint density at radius 2 is 2.00 bits per heavy atom. The predicted octanol–water partition coefficient (Wildman–Crippen LogP) is 3.50. The maximum Gasteiger partial charge on any atom is 0.0509 e. The molecule has 94 valence electrons. The summed E-state index contributed by atoms with van der Waals surface area (Å²) in [5.74, 6) is 0.539. The number of nitrogen functional groups attached to an aromatic ring is 1. The summed E-state index contributed by atoms with van der Waals surface area (Å²) in [6.07, 6.45) is 5.88. The number of nitrogens with two attached hydrogens (primary N) is 1. The van der Waals surface area contributed by atoms with Crippen LogP contribution in [0.4, 0.5) is 5.69 Å². The molecular weight excluding hydrogens is 254 g/mol. The van der Waals surface area contributed by atoms with Crippen LogP contribution in [0.2, 0.25) is 5.02 Å². The van der Waals surface area contributed by atoms with Crippen LogP contribution in [-0.4, -0.2) is 9.46 Å². The van der Waals surface area contributed by atoms with Gasteiger partial charge in [0.1, 0.15) is 0 Å². The summed E-state index contributed by atoms with van der Waals surface area (Å²) in [7, 11) is -0.815. The van der Waals surface area contributed by atoms with Crippen molar-refractivity contribution < 1.29 is 4.21 Å². The molecule has 17 heavy (non-hydrogen) atoms. The molecule has 1 unspecified atom stereocenters. The van der Waals surface area contributed by atoms with Crippen LogP contribution in [0.5, 0.6) is 0 Å². The van der Waals surface area contributed by atoms with E-state index in [2.05, 4.69) is 0 Å². The van der Waals surface area contributed by atoms with Crippen molar-refractivity contribution in [2.45, 2.75) is 43.1 Å². The second kappa shape index (κ2) is 5.87. The summed E-state index contributed by atoms with van der Waals surface area (Å²) >= 11 is 5.93. The third kappa shape index (κ3) is 3.46. The van der Waals surface area contributed by atoms with Gasteiger partial charge in [-0.15, -0.1) is 0 Å². The van der Waals surface area contributed by atoms with Crippen molar-refractivity contribution in [3.63, 3.8) is 0 Å². The van der Waals surface area contributed by atoms with Gasteiger partial charge in [0.15, 0.2) is 0 Å². The highest BCUT2D eigenvalue weighted by Crippen LogP contribution is 2.26. The Bertz CT molecular complexity index is 416. The molecule has 0 bridgehead atoms. The Labute approximate surface area is 110 Å². The molecule has 1 aromatic carbocycles. The first kappa shape index (κ1) is 12.9. The van der Waals surface area contributed by atoms with E-state index in [9.17, 15) is 4.21 Å². The molecule has 1 aromatic rings. The number of hydrogen-bond donors (Lipinski definition) is 1. The van der Waals surface area contributed by atoms with Crippen molar-refractivity contribution >= 4 is 28.1 Å². The van der Waals surface area contributed by atoms with Crippen molar-refractivity contribution in [3.8, 4) is 0 Å². The van der Waals surface area contributed by atoms with E-state index in [0.29, 0.717) is 21.7 Å². The van der Waals surface area contributed by atoms with Gasteiger partial charge < -0.3 is 5.73 Å². The van der Waals surface area contributed by atoms with Crippen LogP contribution in [-0.2, 0) is 16.6 Å². The van der Waals surface area contributed by atoms with Crippen LogP contribution in [0, 0.1) is 0 Å². The van der Waals surface area contributed by atoms with Crippen LogP contribution >= 0.6 is 11.6 Å². The molecule has 4 heteroatoms. The largest absolute Gasteiger partial charge is 0.398 e. The number of rotatable bonds is 3. The fraction of sp³-hybridized carbons (Fsp3) is 0.538. The number of benzene rings is 1. The first-order valence-corrected chi connectivity index (χ1v) is 7.84. The standard InChI is InChI=1S/C13H18ClNOS/c14-11-6-7-13(15)10(8-11)9-17(16)12-4-2-1-3-5-12/h6-8,12H,1-5,9,15H2. The van der Waals surface area contributed by atoms with Crippen LogP contribution in [0.15, 0.2) is 18.2 Å². The van der Waals surface area contributed by atoms with E-state index in [-0.39, 0.29) is 0 Å². The summed E-state index contributed by atoms with van der Waals surface area (Å²) in [4.78, 5) is 0. The van der Waals surface area contributed by atoms with E-state index in [4.69, 9.17) is 17.3 Å². The zero-order valence-corrected chi connectivity index (χ0v) is 11.4. The molecule has 1 fully saturated rings. The lowest BCUT2D eigenvalue weighted by Gasteiger charge is -2.21. The smallest absolute Gasteiger partial charge is 0.0509 e. The minimum Gasteiger partial charge on any atom is -0.398 e. The number of halogens is 1. The average molecular weight is 272 g/mol. The van der Waals surface area contributed by atoms with Gasteiger partial charge in [0.2, 0.25) is 0 Å². The van der Waals surface area contributed by atoms with Crippen LogP contribution in [0.3, 0.4) is 0 Å². The topological polar surface area (TPSA) is 43.1 Å². The molecule has 0 aromatic heterocycles. The molecule has 1 aliphatic rings. The summed E-state index contributed by atoms with van der Waals surface area (Å²) < 4.78 is 12.2. The molecule has 1 saturated carbocycles. The minimum atomic E-state index is -0.815. The van der Waals surface area contributed by atoms with E-state index in [1.54, 1.807) is 12.1 Å². The lowest BCUT2D eigenvalue weighted by Crippen LogP contribution is -2.20. The lowest BCUT2D eigenvalue weighted by molar-refractivity contribution is 0.504. The summed E-state index contributed by atoms with van der Waals surface area (Å²) in [5, 5.41) is 1.01. The number of anilines is 1. The molecule has 0 heterocycles. The van der Waals surface area contributed by atoms with Crippen LogP contribution in [0.1, 0.15) is 37.7 Å². The Morgan fingerprint density at radius 3 is 2.71 bits per heavy atom. The van der Waals surface area contributed by atoms with E-state index < -0.39 is 10.8 Å². The van der Waals surface area contributed by atoms with Crippen molar-refractivity contribution in [2.24, 2.45) is 0 Å². The van der Waals surface area contributed by atoms with E-state index >= 15 is 0 Å². The molecule has 2 nitrogen and oxygen atoms in total. The summed E-state index contributed by atoms with van der Waals surface area (Å²) in [5.41, 5.74) is 7.49. The number of hydrogen-bond acceptors (Lipinski definition) is 2. The molecule has 1 atom stereocenters. The second-order valence-electron chi connectivity index (χ2n) is 4.63. The van der Waals surface area contributed by atoms with Crippen molar-refractivity contribution in [1.82, 2.24) is 0 Å². The third-order valence-electron chi connectivity index (χ3n) is 3.33. The van der Waals surface area contributed by atoms with Crippen molar-refractivity contribution in [3.05, 3.63) is 28.8 Å². The fourth-order valence-electron chi connectivity index (χ4n) is 2.30. The lowest BCUT2D eigenvalue weighted by atomic mass is 10.0. The molecule has 0 aliphatic heterocycles. The Kier molecular flexibility index (Phi) is 4.46.